The second kappa shape index (κ2) is 7.74. The van der Waals surface area contributed by atoms with E-state index in [0.717, 1.165) is 16.9 Å². The zero-order valence-electron chi connectivity index (χ0n) is 15.2. The van der Waals surface area contributed by atoms with Crippen LogP contribution < -0.4 is 15.0 Å². The molecule has 0 aliphatic carbocycles. The van der Waals surface area contributed by atoms with E-state index >= 15 is 0 Å². The number of barbiturate groups is 1. The zero-order chi connectivity index (χ0) is 20.4. The first kappa shape index (κ1) is 19.4. The van der Waals surface area contributed by atoms with Gasteiger partial charge in [0.1, 0.15) is 5.57 Å². The van der Waals surface area contributed by atoms with Crippen molar-refractivity contribution in [3.8, 4) is 11.5 Å². The number of phenolic OH excluding ortho intramolecular Hbond substituents is 1. The Morgan fingerprint density at radius 2 is 1.86 bits per heavy atom. The van der Waals surface area contributed by atoms with Crippen LogP contribution in [0.3, 0.4) is 0 Å². The number of benzene rings is 2. The van der Waals surface area contributed by atoms with E-state index in [2.05, 4.69) is 5.32 Å². The lowest BCUT2D eigenvalue weighted by Crippen LogP contribution is -2.54. The Balaban J connectivity index is 2.02. The second-order valence-corrected chi connectivity index (χ2v) is 6.44. The minimum absolute atomic E-state index is 0.00189. The predicted molar refractivity (Wildman–Crippen MR) is 104 cm³/mol. The molecule has 0 unspecified atom stereocenters. The van der Waals surface area contributed by atoms with Crippen LogP contribution in [-0.4, -0.2) is 30.1 Å². The number of hydrogen-bond donors (Lipinski definition) is 2. The molecule has 0 spiro atoms. The maximum Gasteiger partial charge on any atom is 0.335 e. The van der Waals surface area contributed by atoms with Crippen LogP contribution in [0.1, 0.15) is 18.1 Å². The van der Waals surface area contributed by atoms with Crippen LogP contribution in [0.5, 0.6) is 11.5 Å². The average molecular weight is 401 g/mol. The molecule has 2 aromatic carbocycles. The maximum absolute atomic E-state index is 12.9. The van der Waals surface area contributed by atoms with Gasteiger partial charge in [-0.05, 0) is 47.9 Å². The summed E-state index contributed by atoms with van der Waals surface area (Å²) in [5.41, 5.74) is 1.50. The number of rotatable bonds is 4. The van der Waals surface area contributed by atoms with Crippen molar-refractivity contribution in [2.45, 2.75) is 13.3 Å². The van der Waals surface area contributed by atoms with Crippen LogP contribution in [-0.2, 0) is 16.0 Å². The number of hydrogen-bond acceptors (Lipinski definition) is 5. The largest absolute Gasteiger partial charge is 0.503 e. The summed E-state index contributed by atoms with van der Waals surface area (Å²) in [6.45, 7) is 1.99. The number of phenols is 1. The molecule has 144 valence electrons. The molecule has 0 radical (unpaired) electrons. The van der Waals surface area contributed by atoms with Crippen molar-refractivity contribution in [1.82, 2.24) is 5.32 Å². The lowest BCUT2D eigenvalue weighted by atomic mass is 10.1. The third-order valence-electron chi connectivity index (χ3n) is 4.29. The first-order chi connectivity index (χ1) is 13.3. The molecule has 1 saturated heterocycles. The van der Waals surface area contributed by atoms with Crippen molar-refractivity contribution in [1.29, 1.82) is 0 Å². The SMILES string of the molecule is CCc1ccc(N2C(=O)NC(=O)/C(=C/c3cc(Cl)c(O)c(OC)c3)C2=O)cc1. The molecule has 1 fully saturated rings. The van der Waals surface area contributed by atoms with Crippen LogP contribution in [0.2, 0.25) is 5.02 Å². The molecule has 4 amide bonds. The van der Waals surface area contributed by atoms with Crippen LogP contribution in [0, 0.1) is 0 Å². The number of halogens is 1. The molecule has 0 saturated carbocycles. The lowest BCUT2D eigenvalue weighted by molar-refractivity contribution is -0.122. The van der Waals surface area contributed by atoms with Crippen molar-refractivity contribution < 1.29 is 24.2 Å². The van der Waals surface area contributed by atoms with Gasteiger partial charge in [0.05, 0.1) is 17.8 Å². The number of carbonyl (C=O) groups excluding carboxylic acids is 3. The summed E-state index contributed by atoms with van der Waals surface area (Å²) in [5.74, 6) is -1.74. The van der Waals surface area contributed by atoms with Gasteiger partial charge in [-0.2, -0.15) is 0 Å². The molecular weight excluding hydrogens is 384 g/mol. The Bertz CT molecular complexity index is 998. The number of nitrogens with one attached hydrogen (secondary N) is 1. The van der Waals surface area contributed by atoms with Crippen LogP contribution in [0.25, 0.3) is 6.08 Å². The molecule has 7 nitrogen and oxygen atoms in total. The molecule has 28 heavy (non-hydrogen) atoms. The minimum Gasteiger partial charge on any atom is -0.503 e. The number of ether oxygens (including phenoxy) is 1. The van der Waals surface area contributed by atoms with Gasteiger partial charge in [-0.3, -0.25) is 14.9 Å². The highest BCUT2D eigenvalue weighted by molar-refractivity contribution is 6.39. The minimum atomic E-state index is -0.822. The number of aryl methyl sites for hydroxylation is 1. The number of urea groups is 1. The molecule has 1 aliphatic rings. The third-order valence-corrected chi connectivity index (χ3v) is 4.57. The van der Waals surface area contributed by atoms with E-state index in [1.807, 2.05) is 6.92 Å². The fraction of sp³-hybridized carbons (Fsp3) is 0.150. The fourth-order valence-electron chi connectivity index (χ4n) is 2.77. The van der Waals surface area contributed by atoms with E-state index in [0.29, 0.717) is 11.3 Å². The molecule has 2 aromatic rings. The monoisotopic (exact) mass is 400 g/mol. The highest BCUT2D eigenvalue weighted by Crippen LogP contribution is 2.35. The predicted octanol–water partition coefficient (Wildman–Crippen LogP) is 3.28. The van der Waals surface area contributed by atoms with Gasteiger partial charge in [-0.25, -0.2) is 9.69 Å². The smallest absolute Gasteiger partial charge is 0.335 e. The maximum atomic E-state index is 12.9. The molecule has 8 heteroatoms. The molecule has 3 rings (SSSR count). The van der Waals surface area contributed by atoms with Crippen molar-refractivity contribution in [2.24, 2.45) is 0 Å². The van der Waals surface area contributed by atoms with E-state index < -0.39 is 17.8 Å². The molecule has 1 heterocycles. The van der Waals surface area contributed by atoms with Gasteiger partial charge in [-0.1, -0.05) is 30.7 Å². The van der Waals surface area contributed by atoms with Crippen LogP contribution in [0.4, 0.5) is 10.5 Å². The Morgan fingerprint density at radius 1 is 1.18 bits per heavy atom. The normalized spacial score (nSPS) is 15.8. The molecule has 0 bridgehead atoms. The molecule has 0 aromatic heterocycles. The van der Waals surface area contributed by atoms with Crippen molar-refractivity contribution >= 4 is 41.2 Å². The van der Waals surface area contributed by atoms with Gasteiger partial charge in [0, 0.05) is 0 Å². The number of imide groups is 2. The zero-order valence-corrected chi connectivity index (χ0v) is 15.9. The van der Waals surface area contributed by atoms with Crippen molar-refractivity contribution in [2.75, 3.05) is 12.0 Å². The summed E-state index contributed by atoms with van der Waals surface area (Å²) in [5, 5.41) is 12.0. The fourth-order valence-corrected chi connectivity index (χ4v) is 2.99. The number of methoxy groups -OCH3 is 1. The topological polar surface area (TPSA) is 95.9 Å². The van der Waals surface area contributed by atoms with Crippen molar-refractivity contribution in [3.63, 3.8) is 0 Å². The van der Waals surface area contributed by atoms with Gasteiger partial charge >= 0.3 is 6.03 Å². The summed E-state index contributed by atoms with van der Waals surface area (Å²) in [7, 11) is 1.35. The van der Waals surface area contributed by atoms with E-state index in [-0.39, 0.29) is 22.1 Å². The third kappa shape index (κ3) is 3.57. The van der Waals surface area contributed by atoms with Crippen LogP contribution >= 0.6 is 11.6 Å². The summed E-state index contributed by atoms with van der Waals surface area (Å²) in [4.78, 5) is 38.2. The Morgan fingerprint density at radius 3 is 2.46 bits per heavy atom. The number of nitrogens with zero attached hydrogens (tertiary/aromatic N) is 1. The highest BCUT2D eigenvalue weighted by Gasteiger charge is 2.36. The van der Waals surface area contributed by atoms with Gasteiger partial charge < -0.3 is 9.84 Å². The summed E-state index contributed by atoms with van der Waals surface area (Å²) >= 11 is 5.96. The Kier molecular flexibility index (Phi) is 5.37. The van der Waals surface area contributed by atoms with E-state index in [4.69, 9.17) is 16.3 Å². The number of carbonyl (C=O) groups is 3. The molecule has 2 N–H and O–H groups in total. The molecule has 1 aliphatic heterocycles. The van der Waals surface area contributed by atoms with E-state index in [1.165, 1.54) is 25.3 Å². The Hall–Kier alpha value is -3.32. The van der Waals surface area contributed by atoms with E-state index in [1.54, 1.807) is 24.3 Å². The van der Waals surface area contributed by atoms with Gasteiger partial charge in [0.25, 0.3) is 11.8 Å². The molecule has 0 atom stereocenters. The van der Waals surface area contributed by atoms with Gasteiger partial charge in [0.2, 0.25) is 0 Å². The first-order valence-electron chi connectivity index (χ1n) is 8.42. The standard InChI is InChI=1S/C20H17ClN2O5/c1-3-11-4-6-13(7-5-11)23-19(26)14(18(25)22-20(23)27)8-12-9-15(21)17(24)16(10-12)28-2/h4-10,24H,3H2,1-2H3,(H,22,25,27)/b14-8-. The van der Waals surface area contributed by atoms with E-state index in [9.17, 15) is 19.5 Å². The number of anilines is 1. The molecular formula is C20H17ClN2O5. The van der Waals surface area contributed by atoms with Crippen LogP contribution in [0.15, 0.2) is 42.0 Å². The quantitative estimate of drug-likeness (QED) is 0.606. The number of amides is 4. The first-order valence-corrected chi connectivity index (χ1v) is 8.80. The summed E-state index contributed by atoms with van der Waals surface area (Å²) in [6, 6.07) is 8.88. The average Bonchev–Trinajstić information content (AvgIpc) is 2.68. The second-order valence-electron chi connectivity index (χ2n) is 6.03. The van der Waals surface area contributed by atoms with Gasteiger partial charge in [-0.15, -0.1) is 0 Å². The lowest BCUT2D eigenvalue weighted by Gasteiger charge is -2.26. The summed E-state index contributed by atoms with van der Waals surface area (Å²) < 4.78 is 5.02. The van der Waals surface area contributed by atoms with Crippen molar-refractivity contribution in [3.05, 3.63) is 58.1 Å². The number of aromatic hydroxyl groups is 1. The summed E-state index contributed by atoms with van der Waals surface area (Å²) in [6.07, 6.45) is 2.10. The van der Waals surface area contributed by atoms with Gasteiger partial charge in [0.15, 0.2) is 11.5 Å². The highest BCUT2D eigenvalue weighted by atomic mass is 35.5. The Labute approximate surface area is 166 Å².